The fourth-order valence-corrected chi connectivity index (χ4v) is 2.62. The summed E-state index contributed by atoms with van der Waals surface area (Å²) in [6.07, 6.45) is -1.33. The van der Waals surface area contributed by atoms with E-state index in [-0.39, 0.29) is 0 Å². The number of carboxylic acids is 1. The van der Waals surface area contributed by atoms with Crippen molar-refractivity contribution in [2.45, 2.75) is 6.18 Å². The van der Waals surface area contributed by atoms with Gasteiger partial charge in [0.15, 0.2) is 0 Å². The molecule has 2 fully saturated rings. The lowest BCUT2D eigenvalue weighted by Crippen LogP contribution is -2.25. The second-order valence-electron chi connectivity index (χ2n) is 5.09. The fourth-order valence-electron chi connectivity index (χ4n) is 2.62. The largest absolute Gasteiger partial charge is 0.490 e. The van der Waals surface area contributed by atoms with Crippen molar-refractivity contribution < 1.29 is 23.1 Å². The summed E-state index contributed by atoms with van der Waals surface area (Å²) in [6, 6.07) is 4.21. The van der Waals surface area contributed by atoms with Gasteiger partial charge < -0.3 is 15.3 Å². The van der Waals surface area contributed by atoms with Gasteiger partial charge in [0.1, 0.15) is 0 Å². The SMILES string of the molecule is O=C(O)C(F)(F)F.c1cc(N2CC3CNCC3C2)ccn1. The van der Waals surface area contributed by atoms with E-state index in [2.05, 4.69) is 27.3 Å². The van der Waals surface area contributed by atoms with E-state index in [0.717, 1.165) is 11.8 Å². The summed E-state index contributed by atoms with van der Waals surface area (Å²) in [7, 11) is 0. The van der Waals surface area contributed by atoms with Crippen LogP contribution in [0.15, 0.2) is 24.5 Å². The molecule has 1 aromatic heterocycles. The number of fused-ring (bicyclic) bond motifs is 1. The van der Waals surface area contributed by atoms with E-state index in [4.69, 9.17) is 9.90 Å². The van der Waals surface area contributed by atoms with Crippen LogP contribution in [0.2, 0.25) is 0 Å². The van der Waals surface area contributed by atoms with Crippen LogP contribution in [0.4, 0.5) is 18.9 Å². The Balaban J connectivity index is 0.000000199. The van der Waals surface area contributed by atoms with Crippen LogP contribution in [0.1, 0.15) is 0 Å². The van der Waals surface area contributed by atoms with Crippen molar-refractivity contribution in [3.05, 3.63) is 24.5 Å². The zero-order chi connectivity index (χ0) is 15.5. The molecule has 2 atom stereocenters. The highest BCUT2D eigenvalue weighted by molar-refractivity contribution is 5.73. The number of aromatic nitrogens is 1. The predicted molar refractivity (Wildman–Crippen MR) is 70.0 cm³/mol. The Bertz CT molecular complexity index is 469. The third-order valence-electron chi connectivity index (χ3n) is 3.66. The van der Waals surface area contributed by atoms with Gasteiger partial charge in [0.2, 0.25) is 0 Å². The maximum Gasteiger partial charge on any atom is 0.490 e. The monoisotopic (exact) mass is 303 g/mol. The number of anilines is 1. The Morgan fingerprint density at radius 1 is 1.24 bits per heavy atom. The van der Waals surface area contributed by atoms with Crippen LogP contribution < -0.4 is 10.2 Å². The Morgan fingerprint density at radius 3 is 2.14 bits per heavy atom. The van der Waals surface area contributed by atoms with Crippen molar-refractivity contribution >= 4 is 11.7 Å². The summed E-state index contributed by atoms with van der Waals surface area (Å²) in [6.45, 7) is 4.82. The number of pyridine rings is 1. The number of halogens is 3. The lowest BCUT2D eigenvalue weighted by atomic mass is 10.0. The maximum atomic E-state index is 10.6. The molecular formula is C13H16F3N3O2. The van der Waals surface area contributed by atoms with Gasteiger partial charge in [-0.15, -0.1) is 0 Å². The molecule has 5 nitrogen and oxygen atoms in total. The Hall–Kier alpha value is -1.83. The van der Waals surface area contributed by atoms with Gasteiger partial charge in [0, 0.05) is 44.3 Å². The third kappa shape index (κ3) is 4.07. The topological polar surface area (TPSA) is 65.5 Å². The average molecular weight is 303 g/mol. The molecule has 21 heavy (non-hydrogen) atoms. The summed E-state index contributed by atoms with van der Waals surface area (Å²) in [4.78, 5) is 15.4. The molecule has 3 rings (SSSR count). The number of alkyl halides is 3. The minimum atomic E-state index is -5.08. The summed E-state index contributed by atoms with van der Waals surface area (Å²) >= 11 is 0. The number of nitrogens with zero attached hydrogens (tertiary/aromatic N) is 2. The highest BCUT2D eigenvalue weighted by Crippen LogP contribution is 2.29. The van der Waals surface area contributed by atoms with Crippen LogP contribution in [0.3, 0.4) is 0 Å². The standard InChI is InChI=1S/C11H15N3.C2HF3O2/c1-3-12-4-2-11(1)14-7-9-5-13-6-10(9)8-14;3-2(4,5)1(6)7/h1-4,9-10,13H,5-8H2;(H,6,7). The molecule has 2 saturated heterocycles. The Kier molecular flexibility index (Phi) is 4.66. The highest BCUT2D eigenvalue weighted by Gasteiger charge is 2.38. The lowest BCUT2D eigenvalue weighted by Gasteiger charge is -2.19. The zero-order valence-electron chi connectivity index (χ0n) is 11.2. The first kappa shape index (κ1) is 15.6. The van der Waals surface area contributed by atoms with Crippen LogP contribution in [0.25, 0.3) is 0 Å². The molecule has 2 unspecified atom stereocenters. The van der Waals surface area contributed by atoms with Crippen molar-refractivity contribution in [2.24, 2.45) is 11.8 Å². The minimum Gasteiger partial charge on any atom is -0.475 e. The Labute approximate surface area is 119 Å². The van der Waals surface area contributed by atoms with Gasteiger partial charge in [-0.1, -0.05) is 0 Å². The van der Waals surface area contributed by atoms with E-state index in [9.17, 15) is 13.2 Å². The van der Waals surface area contributed by atoms with E-state index >= 15 is 0 Å². The molecule has 0 spiro atoms. The van der Waals surface area contributed by atoms with E-state index in [1.165, 1.54) is 31.9 Å². The zero-order valence-corrected chi connectivity index (χ0v) is 11.2. The quantitative estimate of drug-likeness (QED) is 0.820. The van der Waals surface area contributed by atoms with Crippen LogP contribution >= 0.6 is 0 Å². The molecule has 0 saturated carbocycles. The van der Waals surface area contributed by atoms with Gasteiger partial charge in [-0.3, -0.25) is 4.98 Å². The number of carboxylic acid groups (broad SMARTS) is 1. The summed E-state index contributed by atoms with van der Waals surface area (Å²) in [5, 5.41) is 10.6. The first-order valence-electron chi connectivity index (χ1n) is 6.53. The van der Waals surface area contributed by atoms with Gasteiger partial charge in [-0.05, 0) is 24.0 Å². The number of aliphatic carboxylic acids is 1. The van der Waals surface area contributed by atoms with Crippen molar-refractivity contribution in [3.8, 4) is 0 Å². The van der Waals surface area contributed by atoms with Crippen LogP contribution in [-0.2, 0) is 4.79 Å². The molecule has 1 aromatic rings. The van der Waals surface area contributed by atoms with Crippen molar-refractivity contribution in [2.75, 3.05) is 31.1 Å². The van der Waals surface area contributed by atoms with Crippen LogP contribution in [0.5, 0.6) is 0 Å². The number of hydrogen-bond donors (Lipinski definition) is 2. The third-order valence-corrected chi connectivity index (χ3v) is 3.66. The maximum absolute atomic E-state index is 10.6. The molecule has 0 aliphatic carbocycles. The van der Waals surface area contributed by atoms with E-state index < -0.39 is 12.1 Å². The molecule has 3 heterocycles. The molecule has 0 amide bonds. The molecule has 2 N–H and O–H groups in total. The normalized spacial score (nSPS) is 24.2. The smallest absolute Gasteiger partial charge is 0.475 e. The summed E-state index contributed by atoms with van der Waals surface area (Å²) < 4.78 is 31.7. The van der Waals surface area contributed by atoms with Gasteiger partial charge >= 0.3 is 12.1 Å². The van der Waals surface area contributed by atoms with E-state index in [0.29, 0.717) is 0 Å². The highest BCUT2D eigenvalue weighted by atomic mass is 19.4. The molecule has 0 radical (unpaired) electrons. The summed E-state index contributed by atoms with van der Waals surface area (Å²) in [5.74, 6) is -1.03. The van der Waals surface area contributed by atoms with E-state index in [1.54, 1.807) is 0 Å². The number of rotatable bonds is 1. The number of carbonyl (C=O) groups is 1. The lowest BCUT2D eigenvalue weighted by molar-refractivity contribution is -0.192. The van der Waals surface area contributed by atoms with Gasteiger partial charge in [-0.2, -0.15) is 13.2 Å². The molecule has 2 aliphatic rings. The van der Waals surface area contributed by atoms with Gasteiger partial charge in [-0.25, -0.2) is 4.79 Å². The second kappa shape index (κ2) is 6.30. The number of hydrogen-bond acceptors (Lipinski definition) is 4. The average Bonchev–Trinajstić information content (AvgIpc) is 3.00. The molecular weight excluding hydrogens is 287 g/mol. The van der Waals surface area contributed by atoms with Crippen molar-refractivity contribution in [1.29, 1.82) is 0 Å². The van der Waals surface area contributed by atoms with Crippen LogP contribution in [0, 0.1) is 11.8 Å². The molecule has 8 heteroatoms. The fraction of sp³-hybridized carbons (Fsp3) is 0.538. The molecule has 0 bridgehead atoms. The second-order valence-corrected chi connectivity index (χ2v) is 5.09. The Morgan fingerprint density at radius 2 is 1.71 bits per heavy atom. The molecule has 116 valence electrons. The first-order valence-corrected chi connectivity index (χ1v) is 6.53. The van der Waals surface area contributed by atoms with E-state index in [1.807, 2.05) is 12.4 Å². The summed E-state index contributed by atoms with van der Waals surface area (Å²) in [5.41, 5.74) is 1.33. The molecule has 0 aromatic carbocycles. The molecule has 2 aliphatic heterocycles. The van der Waals surface area contributed by atoms with Gasteiger partial charge in [0.05, 0.1) is 0 Å². The first-order chi connectivity index (χ1) is 9.88. The van der Waals surface area contributed by atoms with Crippen molar-refractivity contribution in [3.63, 3.8) is 0 Å². The minimum absolute atomic E-state index is 0.864. The van der Waals surface area contributed by atoms with Gasteiger partial charge in [0.25, 0.3) is 0 Å². The van der Waals surface area contributed by atoms with Crippen molar-refractivity contribution in [1.82, 2.24) is 10.3 Å². The predicted octanol–water partition coefficient (Wildman–Crippen LogP) is 1.37. The number of nitrogens with one attached hydrogen (secondary N) is 1. The van der Waals surface area contributed by atoms with Crippen LogP contribution in [-0.4, -0.2) is 48.4 Å².